The first-order chi connectivity index (χ1) is 9.16. The van der Waals surface area contributed by atoms with Crippen LogP contribution in [0.2, 0.25) is 0 Å². The van der Waals surface area contributed by atoms with E-state index >= 15 is 0 Å². The highest BCUT2D eigenvalue weighted by atomic mass is 15.3. The summed E-state index contributed by atoms with van der Waals surface area (Å²) < 4.78 is 4.24. The lowest BCUT2D eigenvalue weighted by Crippen LogP contribution is -2.22. The third kappa shape index (κ3) is 3.92. The predicted molar refractivity (Wildman–Crippen MR) is 76.2 cm³/mol. The highest BCUT2D eigenvalue weighted by Crippen LogP contribution is 2.02. The molecule has 19 heavy (non-hydrogen) atoms. The van der Waals surface area contributed by atoms with Gasteiger partial charge in [-0.3, -0.25) is 4.68 Å². The molecule has 5 heteroatoms. The summed E-state index contributed by atoms with van der Waals surface area (Å²) in [7, 11) is 0. The fraction of sp³-hybridized carbons (Fsp3) is 0.571. The smallest absolute Gasteiger partial charge is 0.105 e. The number of nitrogens with zero attached hydrogens (tertiary/aromatic N) is 4. The Morgan fingerprint density at radius 1 is 1.16 bits per heavy atom. The van der Waals surface area contributed by atoms with Crippen molar-refractivity contribution >= 4 is 0 Å². The molecule has 0 spiro atoms. The van der Waals surface area contributed by atoms with E-state index in [2.05, 4.69) is 37.6 Å². The summed E-state index contributed by atoms with van der Waals surface area (Å²) in [6.07, 6.45) is 4.97. The molecule has 0 fully saturated rings. The Morgan fingerprint density at radius 3 is 2.63 bits per heavy atom. The molecule has 0 bridgehead atoms. The summed E-state index contributed by atoms with van der Waals surface area (Å²) >= 11 is 0. The standard InChI is InChI=1S/C14H23N5/c1-12-11-13(2)19(17-12)8-4-5-15-6-9-18-10-7-16-14(18)3/h7,10-11,15H,4-6,8-9H2,1-3H3. The summed E-state index contributed by atoms with van der Waals surface area (Å²) in [5, 5.41) is 7.91. The molecule has 2 aromatic rings. The van der Waals surface area contributed by atoms with Gasteiger partial charge in [0.15, 0.2) is 0 Å². The molecule has 0 amide bonds. The Bertz CT molecular complexity index is 512. The molecule has 2 rings (SSSR count). The van der Waals surface area contributed by atoms with Crippen molar-refractivity contribution in [3.8, 4) is 0 Å². The van der Waals surface area contributed by atoms with Gasteiger partial charge in [0.25, 0.3) is 0 Å². The Labute approximate surface area is 114 Å². The quantitative estimate of drug-likeness (QED) is 0.772. The van der Waals surface area contributed by atoms with Crippen LogP contribution in [0, 0.1) is 20.8 Å². The van der Waals surface area contributed by atoms with Crippen molar-refractivity contribution < 1.29 is 0 Å². The lowest BCUT2D eigenvalue weighted by atomic mass is 10.4. The first-order valence-corrected chi connectivity index (χ1v) is 6.86. The van der Waals surface area contributed by atoms with Crippen molar-refractivity contribution in [1.82, 2.24) is 24.6 Å². The van der Waals surface area contributed by atoms with Gasteiger partial charge in [0.2, 0.25) is 0 Å². The molecular weight excluding hydrogens is 238 g/mol. The summed E-state index contributed by atoms with van der Waals surface area (Å²) in [5.41, 5.74) is 2.34. The molecular formula is C14H23N5. The zero-order chi connectivity index (χ0) is 13.7. The predicted octanol–water partition coefficient (Wildman–Crippen LogP) is 1.68. The third-order valence-corrected chi connectivity index (χ3v) is 3.28. The van der Waals surface area contributed by atoms with E-state index in [0.29, 0.717) is 0 Å². The lowest BCUT2D eigenvalue weighted by Gasteiger charge is -2.08. The molecule has 0 aromatic carbocycles. The van der Waals surface area contributed by atoms with E-state index in [0.717, 1.165) is 44.1 Å². The molecule has 0 radical (unpaired) electrons. The van der Waals surface area contributed by atoms with Crippen molar-refractivity contribution in [2.24, 2.45) is 0 Å². The minimum atomic E-state index is 0.978. The Morgan fingerprint density at radius 2 is 2.00 bits per heavy atom. The van der Waals surface area contributed by atoms with Gasteiger partial charge in [-0.05, 0) is 39.8 Å². The van der Waals surface area contributed by atoms with E-state index in [9.17, 15) is 0 Å². The zero-order valence-corrected chi connectivity index (χ0v) is 12.1. The molecule has 1 N–H and O–H groups in total. The molecule has 2 heterocycles. The molecule has 5 nitrogen and oxygen atoms in total. The van der Waals surface area contributed by atoms with Gasteiger partial charge in [-0.25, -0.2) is 4.98 Å². The van der Waals surface area contributed by atoms with E-state index in [1.807, 2.05) is 26.2 Å². The minimum absolute atomic E-state index is 0.978. The largest absolute Gasteiger partial charge is 0.334 e. The average Bonchev–Trinajstić information content (AvgIpc) is 2.90. The van der Waals surface area contributed by atoms with E-state index in [1.165, 1.54) is 5.69 Å². The van der Waals surface area contributed by atoms with Crippen LogP contribution in [0.25, 0.3) is 0 Å². The molecule has 2 aromatic heterocycles. The van der Waals surface area contributed by atoms with E-state index < -0.39 is 0 Å². The van der Waals surface area contributed by atoms with E-state index in [4.69, 9.17) is 0 Å². The summed E-state index contributed by atoms with van der Waals surface area (Å²) in [4.78, 5) is 4.21. The van der Waals surface area contributed by atoms with Gasteiger partial charge < -0.3 is 9.88 Å². The van der Waals surface area contributed by atoms with Crippen LogP contribution in [0.1, 0.15) is 23.6 Å². The highest BCUT2D eigenvalue weighted by molar-refractivity contribution is 5.06. The van der Waals surface area contributed by atoms with Gasteiger partial charge in [-0.1, -0.05) is 0 Å². The fourth-order valence-corrected chi connectivity index (χ4v) is 2.22. The maximum atomic E-state index is 4.46. The Kier molecular flexibility index (Phi) is 4.74. The third-order valence-electron chi connectivity index (χ3n) is 3.28. The number of imidazole rings is 1. The molecule has 0 aliphatic rings. The van der Waals surface area contributed by atoms with Crippen LogP contribution in [-0.2, 0) is 13.1 Å². The van der Waals surface area contributed by atoms with Gasteiger partial charge in [-0.2, -0.15) is 5.10 Å². The van der Waals surface area contributed by atoms with E-state index in [1.54, 1.807) is 0 Å². The monoisotopic (exact) mass is 261 g/mol. The zero-order valence-electron chi connectivity index (χ0n) is 12.1. The van der Waals surface area contributed by atoms with Gasteiger partial charge in [0.1, 0.15) is 5.82 Å². The second-order valence-electron chi connectivity index (χ2n) is 4.92. The van der Waals surface area contributed by atoms with Crippen molar-refractivity contribution in [2.45, 2.75) is 40.3 Å². The maximum Gasteiger partial charge on any atom is 0.105 e. The van der Waals surface area contributed by atoms with Gasteiger partial charge in [0.05, 0.1) is 5.69 Å². The Hall–Kier alpha value is -1.62. The van der Waals surface area contributed by atoms with Crippen LogP contribution in [-0.4, -0.2) is 32.4 Å². The normalized spacial score (nSPS) is 11.1. The maximum absolute atomic E-state index is 4.46. The molecule has 0 saturated heterocycles. The second-order valence-corrected chi connectivity index (χ2v) is 4.92. The van der Waals surface area contributed by atoms with Crippen LogP contribution >= 0.6 is 0 Å². The number of hydrogen-bond donors (Lipinski definition) is 1. The van der Waals surface area contributed by atoms with Crippen molar-refractivity contribution in [3.63, 3.8) is 0 Å². The van der Waals surface area contributed by atoms with Crippen LogP contribution in [0.3, 0.4) is 0 Å². The number of aromatic nitrogens is 4. The fourth-order valence-electron chi connectivity index (χ4n) is 2.22. The summed E-state index contributed by atoms with van der Waals surface area (Å²) in [6, 6.07) is 2.12. The van der Waals surface area contributed by atoms with Crippen LogP contribution in [0.5, 0.6) is 0 Å². The molecule has 0 aliphatic heterocycles. The lowest BCUT2D eigenvalue weighted by molar-refractivity contribution is 0.516. The molecule has 104 valence electrons. The number of rotatable bonds is 7. The second kappa shape index (κ2) is 6.52. The SMILES string of the molecule is Cc1cc(C)n(CCCNCCn2ccnc2C)n1. The van der Waals surface area contributed by atoms with Gasteiger partial charge in [0, 0.05) is 37.7 Å². The number of nitrogens with one attached hydrogen (secondary N) is 1. The minimum Gasteiger partial charge on any atom is -0.334 e. The topological polar surface area (TPSA) is 47.7 Å². The molecule has 0 saturated carbocycles. The molecule has 0 atom stereocenters. The van der Waals surface area contributed by atoms with Crippen molar-refractivity contribution in [3.05, 3.63) is 35.7 Å². The summed E-state index contributed by atoms with van der Waals surface area (Å²) in [5.74, 6) is 1.07. The van der Waals surface area contributed by atoms with Crippen LogP contribution in [0.4, 0.5) is 0 Å². The number of hydrogen-bond acceptors (Lipinski definition) is 3. The first kappa shape index (κ1) is 13.8. The van der Waals surface area contributed by atoms with E-state index in [-0.39, 0.29) is 0 Å². The Balaban J connectivity index is 1.60. The van der Waals surface area contributed by atoms with Crippen molar-refractivity contribution in [2.75, 3.05) is 13.1 Å². The summed E-state index contributed by atoms with van der Waals surface area (Å²) in [6.45, 7) is 10.1. The highest BCUT2D eigenvalue weighted by Gasteiger charge is 2.00. The molecule has 0 unspecified atom stereocenters. The average molecular weight is 261 g/mol. The number of aryl methyl sites for hydroxylation is 4. The van der Waals surface area contributed by atoms with Gasteiger partial charge in [-0.15, -0.1) is 0 Å². The first-order valence-electron chi connectivity index (χ1n) is 6.86. The van der Waals surface area contributed by atoms with Crippen molar-refractivity contribution in [1.29, 1.82) is 0 Å². The molecule has 0 aliphatic carbocycles. The van der Waals surface area contributed by atoms with Crippen LogP contribution in [0.15, 0.2) is 18.5 Å². The van der Waals surface area contributed by atoms with Gasteiger partial charge >= 0.3 is 0 Å². The van der Waals surface area contributed by atoms with Crippen LogP contribution < -0.4 is 5.32 Å².